The molecule has 5 heteroatoms. The van der Waals surface area contributed by atoms with Gasteiger partial charge in [-0.05, 0) is 13.0 Å². The summed E-state index contributed by atoms with van der Waals surface area (Å²) in [5.41, 5.74) is 0.851. The molecule has 0 spiro atoms. The van der Waals surface area contributed by atoms with Gasteiger partial charge in [0.25, 0.3) is 0 Å². The Morgan fingerprint density at radius 2 is 1.87 bits per heavy atom. The smallest absolute Gasteiger partial charge is 0.428 e. The van der Waals surface area contributed by atoms with Crippen molar-refractivity contribution in [1.29, 1.82) is 0 Å². The molecule has 82 valence electrons. The zero-order chi connectivity index (χ0) is 11.3. The minimum atomic E-state index is -4.42. The SMILES string of the molecule is Cc1ccc2c(c1)CC(F)(F)C(F)(F)O2. The van der Waals surface area contributed by atoms with E-state index in [1.807, 2.05) is 0 Å². The van der Waals surface area contributed by atoms with Crippen molar-refractivity contribution in [3.63, 3.8) is 0 Å². The molecule has 0 saturated heterocycles. The summed E-state index contributed by atoms with van der Waals surface area (Å²) in [4.78, 5) is 0. The van der Waals surface area contributed by atoms with Crippen molar-refractivity contribution >= 4 is 0 Å². The molecule has 0 radical (unpaired) electrons. The lowest BCUT2D eigenvalue weighted by molar-refractivity contribution is -0.316. The van der Waals surface area contributed by atoms with E-state index in [2.05, 4.69) is 4.74 Å². The van der Waals surface area contributed by atoms with Crippen LogP contribution < -0.4 is 4.74 Å². The van der Waals surface area contributed by atoms with Crippen molar-refractivity contribution < 1.29 is 22.3 Å². The van der Waals surface area contributed by atoms with Gasteiger partial charge < -0.3 is 4.74 Å². The molecule has 1 aromatic rings. The summed E-state index contributed by atoms with van der Waals surface area (Å²) in [6, 6.07) is 4.25. The molecule has 2 rings (SSSR count). The molecule has 1 aliphatic heterocycles. The van der Waals surface area contributed by atoms with E-state index < -0.39 is 18.5 Å². The highest BCUT2D eigenvalue weighted by Crippen LogP contribution is 2.45. The van der Waals surface area contributed by atoms with Crippen LogP contribution in [0.3, 0.4) is 0 Å². The summed E-state index contributed by atoms with van der Waals surface area (Å²) >= 11 is 0. The van der Waals surface area contributed by atoms with Gasteiger partial charge >= 0.3 is 12.0 Å². The Morgan fingerprint density at radius 1 is 1.20 bits per heavy atom. The van der Waals surface area contributed by atoms with Crippen molar-refractivity contribution in [2.45, 2.75) is 25.4 Å². The second-order valence-corrected chi connectivity index (χ2v) is 3.61. The van der Waals surface area contributed by atoms with E-state index >= 15 is 0 Å². The lowest BCUT2D eigenvalue weighted by Gasteiger charge is -2.32. The van der Waals surface area contributed by atoms with E-state index in [0.717, 1.165) is 5.56 Å². The number of fused-ring (bicyclic) bond motifs is 1. The van der Waals surface area contributed by atoms with Crippen molar-refractivity contribution in [2.24, 2.45) is 0 Å². The molecule has 0 aliphatic carbocycles. The fraction of sp³-hybridized carbons (Fsp3) is 0.400. The highest BCUT2D eigenvalue weighted by Gasteiger charge is 2.61. The van der Waals surface area contributed by atoms with Crippen LogP contribution in [0, 0.1) is 6.92 Å². The van der Waals surface area contributed by atoms with Crippen LogP contribution in [0.4, 0.5) is 17.6 Å². The Bertz CT molecular complexity index is 400. The van der Waals surface area contributed by atoms with E-state index in [0.29, 0.717) is 0 Å². The average Bonchev–Trinajstić information content (AvgIpc) is 2.07. The van der Waals surface area contributed by atoms with Crippen LogP contribution in [0.5, 0.6) is 5.75 Å². The van der Waals surface area contributed by atoms with Gasteiger partial charge in [0.2, 0.25) is 0 Å². The molecular formula is C10H8F4O. The molecule has 0 N–H and O–H groups in total. The predicted octanol–water partition coefficient (Wildman–Crippen LogP) is 3.16. The van der Waals surface area contributed by atoms with E-state index in [1.165, 1.54) is 12.1 Å². The number of ether oxygens (including phenoxy) is 1. The molecule has 1 aliphatic rings. The maximum Gasteiger partial charge on any atom is 0.464 e. The molecule has 0 atom stereocenters. The van der Waals surface area contributed by atoms with Crippen molar-refractivity contribution in [2.75, 3.05) is 0 Å². The van der Waals surface area contributed by atoms with E-state index in [1.54, 1.807) is 13.0 Å². The Labute approximate surface area is 83.7 Å². The number of alkyl halides is 4. The highest BCUT2D eigenvalue weighted by atomic mass is 19.3. The van der Waals surface area contributed by atoms with Crippen LogP contribution in [-0.2, 0) is 6.42 Å². The van der Waals surface area contributed by atoms with Gasteiger partial charge in [0.1, 0.15) is 5.75 Å². The van der Waals surface area contributed by atoms with Crippen LogP contribution in [0.15, 0.2) is 18.2 Å². The fourth-order valence-electron chi connectivity index (χ4n) is 1.50. The summed E-state index contributed by atoms with van der Waals surface area (Å²) < 4.78 is 55.4. The molecule has 0 aromatic heterocycles. The average molecular weight is 220 g/mol. The molecule has 0 unspecified atom stereocenters. The van der Waals surface area contributed by atoms with Gasteiger partial charge in [-0.1, -0.05) is 17.7 Å². The molecule has 0 fully saturated rings. The third-order valence-corrected chi connectivity index (χ3v) is 2.29. The third-order valence-electron chi connectivity index (χ3n) is 2.29. The number of hydrogen-bond donors (Lipinski definition) is 0. The lowest BCUT2D eigenvalue weighted by atomic mass is 10.0. The van der Waals surface area contributed by atoms with Gasteiger partial charge in [-0.25, -0.2) is 0 Å². The molecule has 15 heavy (non-hydrogen) atoms. The zero-order valence-electron chi connectivity index (χ0n) is 7.86. The summed E-state index contributed by atoms with van der Waals surface area (Å²) in [6.45, 7) is 1.70. The van der Waals surface area contributed by atoms with Gasteiger partial charge in [-0.2, -0.15) is 17.6 Å². The van der Waals surface area contributed by atoms with E-state index in [9.17, 15) is 17.6 Å². The number of rotatable bonds is 0. The number of halogens is 4. The second kappa shape index (κ2) is 2.87. The number of hydrogen-bond acceptors (Lipinski definition) is 1. The van der Waals surface area contributed by atoms with Crippen LogP contribution in [0.2, 0.25) is 0 Å². The standard InChI is InChI=1S/C10H8F4O/c1-6-2-3-8-7(4-6)5-9(11,12)10(13,14)15-8/h2-4H,5H2,1H3. The van der Waals surface area contributed by atoms with Crippen LogP contribution in [0.1, 0.15) is 11.1 Å². The summed E-state index contributed by atoms with van der Waals surface area (Å²) in [5.74, 6) is -4.31. The molecule has 0 saturated carbocycles. The predicted molar refractivity (Wildman–Crippen MR) is 45.4 cm³/mol. The van der Waals surface area contributed by atoms with Crippen LogP contribution in [0.25, 0.3) is 0 Å². The maximum absolute atomic E-state index is 12.9. The van der Waals surface area contributed by atoms with Crippen molar-refractivity contribution in [3.8, 4) is 5.75 Å². The quantitative estimate of drug-likeness (QED) is 0.610. The Kier molecular flexibility index (Phi) is 1.96. The molecule has 1 nitrogen and oxygen atoms in total. The number of benzene rings is 1. The molecule has 0 bridgehead atoms. The van der Waals surface area contributed by atoms with E-state index in [4.69, 9.17) is 0 Å². The van der Waals surface area contributed by atoms with Gasteiger partial charge in [0.05, 0.1) is 6.42 Å². The maximum atomic E-state index is 12.9. The minimum Gasteiger partial charge on any atom is -0.428 e. The van der Waals surface area contributed by atoms with Crippen molar-refractivity contribution in [1.82, 2.24) is 0 Å². The molecule has 0 amide bonds. The first-order valence-corrected chi connectivity index (χ1v) is 4.36. The minimum absolute atomic E-state index is 0.117. The molecular weight excluding hydrogens is 212 g/mol. The summed E-state index contributed by atoms with van der Waals surface area (Å²) in [6.07, 6.45) is -5.41. The largest absolute Gasteiger partial charge is 0.464 e. The topological polar surface area (TPSA) is 9.23 Å². The first kappa shape index (κ1) is 10.3. The summed E-state index contributed by atoms with van der Waals surface area (Å²) in [7, 11) is 0. The number of aryl methyl sites for hydroxylation is 1. The lowest BCUT2D eigenvalue weighted by Crippen LogP contribution is -2.49. The van der Waals surface area contributed by atoms with Gasteiger partial charge in [0.15, 0.2) is 0 Å². The van der Waals surface area contributed by atoms with E-state index in [-0.39, 0.29) is 11.3 Å². The fourth-order valence-corrected chi connectivity index (χ4v) is 1.50. The molecule has 1 aromatic carbocycles. The highest BCUT2D eigenvalue weighted by molar-refractivity contribution is 5.39. The van der Waals surface area contributed by atoms with Gasteiger partial charge in [-0.3, -0.25) is 0 Å². The molecule has 1 heterocycles. The van der Waals surface area contributed by atoms with Gasteiger partial charge in [0, 0.05) is 5.56 Å². The van der Waals surface area contributed by atoms with Gasteiger partial charge in [-0.15, -0.1) is 0 Å². The second-order valence-electron chi connectivity index (χ2n) is 3.61. The summed E-state index contributed by atoms with van der Waals surface area (Å²) in [5, 5.41) is 0. The Morgan fingerprint density at radius 3 is 2.53 bits per heavy atom. The normalized spacial score (nSPS) is 21.7. The Hall–Kier alpha value is -1.26. The third kappa shape index (κ3) is 1.56. The van der Waals surface area contributed by atoms with Crippen LogP contribution in [-0.4, -0.2) is 12.0 Å². The Balaban J connectivity index is 2.47. The zero-order valence-corrected chi connectivity index (χ0v) is 7.86. The van der Waals surface area contributed by atoms with Crippen LogP contribution >= 0.6 is 0 Å². The first-order chi connectivity index (χ1) is 6.82. The monoisotopic (exact) mass is 220 g/mol. The first-order valence-electron chi connectivity index (χ1n) is 4.36. The van der Waals surface area contributed by atoms with Crippen molar-refractivity contribution in [3.05, 3.63) is 29.3 Å².